The van der Waals surface area contributed by atoms with Crippen LogP contribution in [0, 0.1) is 0 Å². The molecule has 3 N–H and O–H groups in total. The molecule has 0 aliphatic heterocycles. The molecule has 0 spiro atoms. The van der Waals surface area contributed by atoms with E-state index in [9.17, 15) is 9.59 Å². The first-order valence-corrected chi connectivity index (χ1v) is 4.26. The fourth-order valence-corrected chi connectivity index (χ4v) is 0.744. The normalized spacial score (nSPS) is 12.1. The Bertz CT molecular complexity index is 190. The summed E-state index contributed by atoms with van der Waals surface area (Å²) < 4.78 is 4.44. The van der Waals surface area contributed by atoms with Crippen LogP contribution in [0.2, 0.25) is 0 Å². The summed E-state index contributed by atoms with van der Waals surface area (Å²) in [6, 6.07) is 0. The van der Waals surface area contributed by atoms with Crippen LogP contribution in [-0.2, 0) is 14.3 Å². The second kappa shape index (κ2) is 7.28. The molecule has 0 saturated heterocycles. The molecular formula is C8H14O6. The number of rotatable bonds is 7. The fraction of sp³-hybridized carbons (Fsp3) is 0.750. The Balaban J connectivity index is 3.55. The molecule has 82 valence electrons. The van der Waals surface area contributed by atoms with Crippen molar-refractivity contribution in [3.63, 3.8) is 0 Å². The van der Waals surface area contributed by atoms with Crippen molar-refractivity contribution in [1.29, 1.82) is 0 Å². The average Bonchev–Trinajstić information content (AvgIpc) is 2.11. The Morgan fingerprint density at radius 2 is 1.93 bits per heavy atom. The third kappa shape index (κ3) is 7.51. The van der Waals surface area contributed by atoms with Gasteiger partial charge in [0.2, 0.25) is 6.29 Å². The molecule has 0 rings (SSSR count). The van der Waals surface area contributed by atoms with E-state index in [0.29, 0.717) is 6.42 Å². The Kier molecular flexibility index (Phi) is 6.69. The molecule has 14 heavy (non-hydrogen) atoms. The molecule has 0 saturated carbocycles. The van der Waals surface area contributed by atoms with E-state index in [4.69, 9.17) is 15.3 Å². The topological polar surface area (TPSA) is 104 Å². The van der Waals surface area contributed by atoms with Crippen molar-refractivity contribution in [1.82, 2.24) is 0 Å². The summed E-state index contributed by atoms with van der Waals surface area (Å²) in [7, 11) is 0. The zero-order valence-electron chi connectivity index (χ0n) is 7.68. The monoisotopic (exact) mass is 206 g/mol. The molecule has 6 heteroatoms. The summed E-state index contributed by atoms with van der Waals surface area (Å²) in [6.45, 7) is -0.0935. The highest BCUT2D eigenvalue weighted by atomic mass is 16.6. The van der Waals surface area contributed by atoms with Gasteiger partial charge in [0.1, 0.15) is 0 Å². The number of carboxylic acid groups (broad SMARTS) is 1. The van der Waals surface area contributed by atoms with Crippen molar-refractivity contribution < 1.29 is 29.6 Å². The van der Waals surface area contributed by atoms with Gasteiger partial charge in [-0.15, -0.1) is 0 Å². The van der Waals surface area contributed by atoms with Crippen LogP contribution in [-0.4, -0.2) is 40.2 Å². The van der Waals surface area contributed by atoms with Gasteiger partial charge in [0, 0.05) is 13.0 Å². The fourth-order valence-electron chi connectivity index (χ4n) is 0.744. The highest BCUT2D eigenvalue weighted by Crippen LogP contribution is 2.01. The number of carbonyl (C=O) groups excluding carboxylic acids is 1. The molecule has 6 nitrogen and oxygen atoms in total. The molecule has 0 fully saturated rings. The minimum Gasteiger partial charge on any atom is -0.481 e. The molecule has 0 amide bonds. The second-order valence-electron chi connectivity index (χ2n) is 2.70. The van der Waals surface area contributed by atoms with E-state index in [1.807, 2.05) is 0 Å². The largest absolute Gasteiger partial charge is 0.481 e. The minimum absolute atomic E-state index is 0.0935. The number of aliphatic hydroxyl groups is 2. The molecule has 0 aromatic carbocycles. The average molecular weight is 206 g/mol. The summed E-state index contributed by atoms with van der Waals surface area (Å²) in [4.78, 5) is 20.9. The third-order valence-corrected chi connectivity index (χ3v) is 1.42. The van der Waals surface area contributed by atoms with Crippen molar-refractivity contribution in [2.45, 2.75) is 32.0 Å². The highest BCUT2D eigenvalue weighted by Gasteiger charge is 2.11. The van der Waals surface area contributed by atoms with Crippen LogP contribution < -0.4 is 0 Å². The maximum Gasteiger partial charge on any atom is 0.308 e. The maximum atomic E-state index is 10.8. The molecule has 1 unspecified atom stereocenters. The lowest BCUT2D eigenvalue weighted by Gasteiger charge is -2.10. The highest BCUT2D eigenvalue weighted by molar-refractivity contribution is 5.76. The summed E-state index contributed by atoms with van der Waals surface area (Å²) >= 11 is 0. The first kappa shape index (κ1) is 12.9. The van der Waals surface area contributed by atoms with Gasteiger partial charge >= 0.3 is 11.9 Å². The molecule has 0 aromatic heterocycles. The zero-order valence-corrected chi connectivity index (χ0v) is 7.68. The summed E-state index contributed by atoms with van der Waals surface area (Å²) in [5.41, 5.74) is 0. The molecule has 0 heterocycles. The van der Waals surface area contributed by atoms with Crippen LogP contribution in [0.5, 0.6) is 0 Å². The van der Waals surface area contributed by atoms with E-state index in [0.717, 1.165) is 0 Å². The zero-order chi connectivity index (χ0) is 11.0. The van der Waals surface area contributed by atoms with Crippen LogP contribution in [0.15, 0.2) is 0 Å². The summed E-state index contributed by atoms with van der Waals surface area (Å²) in [5.74, 6) is -1.84. The van der Waals surface area contributed by atoms with Crippen molar-refractivity contribution in [2.75, 3.05) is 6.61 Å². The maximum absolute atomic E-state index is 10.8. The number of hydrogen-bond acceptors (Lipinski definition) is 5. The molecule has 0 aromatic rings. The van der Waals surface area contributed by atoms with Crippen molar-refractivity contribution in [3.05, 3.63) is 0 Å². The Hall–Kier alpha value is -1.14. The lowest BCUT2D eigenvalue weighted by atomic mass is 10.3. The van der Waals surface area contributed by atoms with Gasteiger partial charge in [-0.3, -0.25) is 9.59 Å². The standard InChI is InChI=1S/C8H14O6/c9-5-1-2-7(12)14-8(13)4-3-6(10)11/h7,9,12H,1-5H2,(H,10,11). The van der Waals surface area contributed by atoms with E-state index in [1.165, 1.54) is 0 Å². The van der Waals surface area contributed by atoms with Crippen molar-refractivity contribution in [2.24, 2.45) is 0 Å². The first-order valence-electron chi connectivity index (χ1n) is 4.26. The quantitative estimate of drug-likeness (QED) is 0.382. The van der Waals surface area contributed by atoms with Gasteiger partial charge in [-0.25, -0.2) is 0 Å². The molecule has 0 radical (unpaired) electrons. The number of carbonyl (C=O) groups is 2. The Morgan fingerprint density at radius 1 is 1.29 bits per heavy atom. The van der Waals surface area contributed by atoms with Gasteiger partial charge in [0.05, 0.1) is 12.8 Å². The van der Waals surface area contributed by atoms with Crippen molar-refractivity contribution in [3.8, 4) is 0 Å². The van der Waals surface area contributed by atoms with Gasteiger partial charge < -0.3 is 20.1 Å². The third-order valence-electron chi connectivity index (χ3n) is 1.42. The lowest BCUT2D eigenvalue weighted by molar-refractivity contribution is -0.170. The summed E-state index contributed by atoms with van der Waals surface area (Å²) in [6.07, 6.45) is -1.36. The van der Waals surface area contributed by atoms with E-state index < -0.39 is 18.2 Å². The van der Waals surface area contributed by atoms with Gasteiger partial charge in [-0.1, -0.05) is 0 Å². The van der Waals surface area contributed by atoms with Crippen molar-refractivity contribution >= 4 is 11.9 Å². The number of carboxylic acids is 1. The van der Waals surface area contributed by atoms with Crippen LogP contribution in [0.25, 0.3) is 0 Å². The van der Waals surface area contributed by atoms with Gasteiger partial charge in [0.15, 0.2) is 0 Å². The lowest BCUT2D eigenvalue weighted by Crippen LogP contribution is -2.18. The van der Waals surface area contributed by atoms with E-state index in [1.54, 1.807) is 0 Å². The Labute approximate surface area is 81.1 Å². The summed E-state index contributed by atoms with van der Waals surface area (Å²) in [5, 5.41) is 25.6. The predicted molar refractivity (Wildman–Crippen MR) is 45.3 cm³/mol. The van der Waals surface area contributed by atoms with E-state index >= 15 is 0 Å². The second-order valence-corrected chi connectivity index (χ2v) is 2.70. The van der Waals surface area contributed by atoms with Crippen LogP contribution in [0.3, 0.4) is 0 Å². The van der Waals surface area contributed by atoms with Gasteiger partial charge in [-0.05, 0) is 6.42 Å². The van der Waals surface area contributed by atoms with Crippen LogP contribution >= 0.6 is 0 Å². The Morgan fingerprint density at radius 3 is 2.43 bits per heavy atom. The minimum atomic E-state index is -1.26. The first-order chi connectivity index (χ1) is 6.56. The van der Waals surface area contributed by atoms with Crippen LogP contribution in [0.1, 0.15) is 25.7 Å². The molecule has 0 aliphatic rings. The smallest absolute Gasteiger partial charge is 0.308 e. The number of aliphatic carboxylic acids is 1. The molecule has 0 aliphatic carbocycles. The number of aliphatic hydroxyl groups excluding tert-OH is 2. The van der Waals surface area contributed by atoms with E-state index in [-0.39, 0.29) is 25.9 Å². The molecular weight excluding hydrogens is 192 g/mol. The van der Waals surface area contributed by atoms with Gasteiger partial charge in [-0.2, -0.15) is 0 Å². The number of hydrogen-bond donors (Lipinski definition) is 3. The SMILES string of the molecule is O=C(O)CCC(=O)OC(O)CCCO. The molecule has 1 atom stereocenters. The van der Waals surface area contributed by atoms with Gasteiger partial charge in [0.25, 0.3) is 0 Å². The molecule has 0 bridgehead atoms. The predicted octanol–water partition coefficient (Wildman–Crippen LogP) is -0.515. The van der Waals surface area contributed by atoms with E-state index in [2.05, 4.69) is 4.74 Å². The van der Waals surface area contributed by atoms with Crippen LogP contribution in [0.4, 0.5) is 0 Å². The number of esters is 1. The number of ether oxygens (including phenoxy) is 1.